The Bertz CT molecular complexity index is 1350. The van der Waals surface area contributed by atoms with Gasteiger partial charge in [-0.15, -0.1) is 0 Å². The number of carbonyl (C=O) groups is 1. The van der Waals surface area contributed by atoms with Crippen LogP contribution in [-0.2, 0) is 10.2 Å². The Morgan fingerprint density at radius 2 is 1.77 bits per heavy atom. The van der Waals surface area contributed by atoms with Gasteiger partial charge in [0.1, 0.15) is 11.5 Å². The third-order valence-corrected chi connectivity index (χ3v) is 6.72. The number of nitrogens with one attached hydrogen (secondary N) is 1. The van der Waals surface area contributed by atoms with E-state index in [-0.39, 0.29) is 23.8 Å². The van der Waals surface area contributed by atoms with Crippen LogP contribution in [0.15, 0.2) is 53.6 Å². The van der Waals surface area contributed by atoms with Gasteiger partial charge in [-0.25, -0.2) is 19.9 Å². The van der Waals surface area contributed by atoms with Crippen molar-refractivity contribution in [1.82, 2.24) is 35.4 Å². The average Bonchev–Trinajstić information content (AvgIpc) is 3.35. The molecule has 1 saturated heterocycles. The van der Waals surface area contributed by atoms with Crippen molar-refractivity contribution in [3.05, 3.63) is 60.4 Å². The molecule has 0 bridgehead atoms. The van der Waals surface area contributed by atoms with Crippen LogP contribution in [0.2, 0.25) is 0 Å². The summed E-state index contributed by atoms with van der Waals surface area (Å²) in [6, 6.07) is 8.31. The fraction of sp³-hybridized carbons (Fsp3) is 0.292. The van der Waals surface area contributed by atoms with Crippen molar-refractivity contribution < 1.29 is 9.32 Å². The van der Waals surface area contributed by atoms with Crippen molar-refractivity contribution in [3.63, 3.8) is 0 Å². The normalized spacial score (nSPS) is 17.0. The van der Waals surface area contributed by atoms with Crippen LogP contribution in [0.4, 0.5) is 11.8 Å². The van der Waals surface area contributed by atoms with Crippen LogP contribution in [0.3, 0.4) is 0 Å². The molecule has 2 fully saturated rings. The van der Waals surface area contributed by atoms with E-state index < -0.39 is 0 Å². The molecule has 4 aromatic rings. The topological polar surface area (TPSA) is 149 Å². The highest BCUT2D eigenvalue weighted by molar-refractivity contribution is 5.82. The van der Waals surface area contributed by atoms with Crippen molar-refractivity contribution in [3.8, 4) is 22.7 Å². The molecule has 3 aromatic heterocycles. The van der Waals surface area contributed by atoms with E-state index in [1.165, 1.54) is 0 Å². The minimum atomic E-state index is -0.285. The number of carbonyl (C=O) groups excluding carboxylic acids is 1. The summed E-state index contributed by atoms with van der Waals surface area (Å²) < 4.78 is 5.59. The molecular formula is C24H23N9O2. The van der Waals surface area contributed by atoms with E-state index in [9.17, 15) is 4.79 Å². The van der Waals surface area contributed by atoms with Crippen LogP contribution in [0.25, 0.3) is 22.7 Å². The predicted octanol–water partition coefficient (Wildman–Crippen LogP) is 1.97. The molecule has 6 rings (SSSR count). The zero-order valence-electron chi connectivity index (χ0n) is 18.9. The molecule has 1 aliphatic carbocycles. The second kappa shape index (κ2) is 8.42. The van der Waals surface area contributed by atoms with Crippen molar-refractivity contribution >= 4 is 17.7 Å². The summed E-state index contributed by atoms with van der Waals surface area (Å²) in [4.78, 5) is 35.3. The predicted molar refractivity (Wildman–Crippen MR) is 127 cm³/mol. The molecule has 1 saturated carbocycles. The maximum absolute atomic E-state index is 11.6. The summed E-state index contributed by atoms with van der Waals surface area (Å²) in [7, 11) is 0. The molecule has 35 heavy (non-hydrogen) atoms. The van der Waals surface area contributed by atoms with Gasteiger partial charge in [-0.2, -0.15) is 4.98 Å². The molecule has 0 spiro atoms. The minimum absolute atomic E-state index is 0.0238. The van der Waals surface area contributed by atoms with Gasteiger partial charge in [-0.05, 0) is 24.0 Å². The summed E-state index contributed by atoms with van der Waals surface area (Å²) in [5.74, 6) is 1.86. The number of aromatic nitrogens is 6. The quantitative estimate of drug-likeness (QED) is 0.444. The Labute approximate surface area is 200 Å². The lowest BCUT2D eigenvalue weighted by Gasteiger charge is -2.39. The van der Waals surface area contributed by atoms with Gasteiger partial charge in [0.25, 0.3) is 5.89 Å². The van der Waals surface area contributed by atoms with E-state index >= 15 is 0 Å². The molecule has 3 N–H and O–H groups in total. The van der Waals surface area contributed by atoms with Gasteiger partial charge in [0.05, 0.1) is 24.4 Å². The van der Waals surface area contributed by atoms with Gasteiger partial charge in [0, 0.05) is 31.0 Å². The number of amides is 1. The smallest absolute Gasteiger partial charge is 0.278 e. The first kappa shape index (κ1) is 21.1. The zero-order valence-corrected chi connectivity index (χ0v) is 18.9. The van der Waals surface area contributed by atoms with Crippen LogP contribution in [-0.4, -0.2) is 55.6 Å². The highest BCUT2D eigenvalue weighted by atomic mass is 16.5. The number of hydrogen-bond acceptors (Lipinski definition) is 10. The lowest BCUT2D eigenvalue weighted by atomic mass is 9.64. The Kier molecular flexibility index (Phi) is 5.09. The molecule has 11 nitrogen and oxygen atoms in total. The SMILES string of the molecule is Nc1ncc(-c2ccc(C3(c4noc(-c5cnc(N6CCNC(=O)C6)cn5)n4)CCC3)cc2)cn1. The van der Waals surface area contributed by atoms with Crippen LogP contribution in [0.5, 0.6) is 0 Å². The zero-order chi connectivity index (χ0) is 23.8. The standard InChI is InChI=1S/C24H23N9O2/c25-23-29-10-16(11-30-23)15-2-4-17(5-3-15)24(6-1-7-24)22-31-21(35-32-22)18-12-28-19(13-27-18)33-9-8-26-20(34)14-33/h2-5,10-13H,1,6-9,14H2,(H,26,34)(H2,25,29,30). The first-order chi connectivity index (χ1) is 17.1. The number of anilines is 2. The second-order valence-electron chi connectivity index (χ2n) is 8.80. The molecule has 0 radical (unpaired) electrons. The maximum atomic E-state index is 11.6. The molecule has 4 heterocycles. The fourth-order valence-corrected chi connectivity index (χ4v) is 4.59. The van der Waals surface area contributed by atoms with E-state index in [1.54, 1.807) is 24.8 Å². The molecule has 1 amide bonds. The number of nitrogen functional groups attached to an aromatic ring is 1. The Morgan fingerprint density at radius 3 is 2.43 bits per heavy atom. The molecule has 0 unspecified atom stereocenters. The van der Waals surface area contributed by atoms with E-state index in [1.807, 2.05) is 4.90 Å². The van der Waals surface area contributed by atoms with Crippen LogP contribution in [0.1, 0.15) is 30.7 Å². The molecule has 11 heteroatoms. The fourth-order valence-electron chi connectivity index (χ4n) is 4.59. The van der Waals surface area contributed by atoms with Crippen LogP contribution < -0.4 is 16.0 Å². The van der Waals surface area contributed by atoms with Crippen molar-refractivity contribution in [1.29, 1.82) is 0 Å². The molecular weight excluding hydrogens is 446 g/mol. The highest BCUT2D eigenvalue weighted by Gasteiger charge is 2.44. The average molecular weight is 470 g/mol. The van der Waals surface area contributed by atoms with Crippen molar-refractivity contribution in [2.75, 3.05) is 30.3 Å². The summed E-state index contributed by atoms with van der Waals surface area (Å²) in [6.45, 7) is 1.55. The van der Waals surface area contributed by atoms with E-state index in [0.29, 0.717) is 36.3 Å². The van der Waals surface area contributed by atoms with Crippen molar-refractivity contribution in [2.24, 2.45) is 0 Å². The van der Waals surface area contributed by atoms with Gasteiger partial charge < -0.3 is 20.5 Å². The van der Waals surface area contributed by atoms with Crippen LogP contribution in [0, 0.1) is 0 Å². The summed E-state index contributed by atoms with van der Waals surface area (Å²) in [5, 5.41) is 7.13. The molecule has 0 atom stereocenters. The molecule has 1 aliphatic heterocycles. The number of hydrogen-bond donors (Lipinski definition) is 2. The Hall–Kier alpha value is -4.41. The van der Waals surface area contributed by atoms with Gasteiger partial charge >= 0.3 is 0 Å². The Morgan fingerprint density at radius 1 is 0.971 bits per heavy atom. The molecule has 2 aliphatic rings. The van der Waals surface area contributed by atoms with E-state index in [4.69, 9.17) is 15.2 Å². The molecule has 176 valence electrons. The van der Waals surface area contributed by atoms with Gasteiger partial charge in [0.2, 0.25) is 11.9 Å². The summed E-state index contributed by atoms with van der Waals surface area (Å²) >= 11 is 0. The monoisotopic (exact) mass is 469 g/mol. The number of nitrogens with zero attached hydrogens (tertiary/aromatic N) is 7. The highest BCUT2D eigenvalue weighted by Crippen LogP contribution is 2.48. The maximum Gasteiger partial charge on any atom is 0.278 e. The van der Waals surface area contributed by atoms with Gasteiger partial charge in [-0.1, -0.05) is 35.8 Å². The minimum Gasteiger partial charge on any atom is -0.368 e. The summed E-state index contributed by atoms with van der Waals surface area (Å²) in [6.07, 6.45) is 9.65. The van der Waals surface area contributed by atoms with Crippen molar-refractivity contribution in [2.45, 2.75) is 24.7 Å². The van der Waals surface area contributed by atoms with E-state index in [0.717, 1.165) is 36.0 Å². The number of rotatable bonds is 5. The first-order valence-corrected chi connectivity index (χ1v) is 11.5. The Balaban J connectivity index is 1.23. The number of benzene rings is 1. The number of piperazine rings is 1. The third kappa shape index (κ3) is 3.84. The van der Waals surface area contributed by atoms with Gasteiger partial charge in [-0.3, -0.25) is 4.79 Å². The third-order valence-electron chi connectivity index (χ3n) is 6.72. The van der Waals surface area contributed by atoms with E-state index in [2.05, 4.69) is 54.7 Å². The van der Waals surface area contributed by atoms with Gasteiger partial charge in [0.15, 0.2) is 5.82 Å². The lowest BCUT2D eigenvalue weighted by Crippen LogP contribution is -2.48. The lowest BCUT2D eigenvalue weighted by molar-refractivity contribution is -0.120. The first-order valence-electron chi connectivity index (χ1n) is 11.5. The largest absolute Gasteiger partial charge is 0.368 e. The van der Waals surface area contributed by atoms with Crippen LogP contribution >= 0.6 is 0 Å². The second-order valence-corrected chi connectivity index (χ2v) is 8.80. The number of nitrogens with two attached hydrogens (primary N) is 1. The molecule has 1 aromatic carbocycles. The summed E-state index contributed by atoms with van der Waals surface area (Å²) in [5.41, 5.74) is 8.87.